The number of carbonyl (C=O) groups excluding carboxylic acids is 2. The Labute approximate surface area is 185 Å². The Morgan fingerprint density at radius 1 is 1.37 bits per heavy atom. The SMILES string of the molecule is CCCS(=O)(=O)N(CCCN1CCCC1=O)C(=O)CSc1ncnc2c(C)csc12. The highest BCUT2D eigenvalue weighted by Gasteiger charge is 2.27. The van der Waals surface area contributed by atoms with Crippen LogP contribution in [0.4, 0.5) is 0 Å². The summed E-state index contributed by atoms with van der Waals surface area (Å²) in [5.74, 6) is -0.456. The lowest BCUT2D eigenvalue weighted by molar-refractivity contribution is -0.127. The highest BCUT2D eigenvalue weighted by molar-refractivity contribution is 8.00. The fraction of sp³-hybridized carbons (Fsp3) is 0.579. The molecule has 2 aromatic rings. The average Bonchev–Trinajstić information content (AvgIpc) is 3.29. The van der Waals surface area contributed by atoms with E-state index in [1.54, 1.807) is 11.8 Å². The van der Waals surface area contributed by atoms with Gasteiger partial charge < -0.3 is 4.90 Å². The average molecular weight is 471 g/mol. The van der Waals surface area contributed by atoms with Crippen molar-refractivity contribution >= 4 is 55.2 Å². The molecule has 30 heavy (non-hydrogen) atoms. The zero-order valence-electron chi connectivity index (χ0n) is 17.2. The number of fused-ring (bicyclic) bond motifs is 1. The first-order valence-electron chi connectivity index (χ1n) is 9.96. The fourth-order valence-corrected chi connectivity index (χ4v) is 6.96. The molecule has 1 fully saturated rings. The van der Waals surface area contributed by atoms with E-state index in [2.05, 4.69) is 9.97 Å². The van der Waals surface area contributed by atoms with Gasteiger partial charge in [0, 0.05) is 26.1 Å². The minimum absolute atomic E-state index is 0.0192. The lowest BCUT2D eigenvalue weighted by atomic mass is 10.3. The zero-order valence-corrected chi connectivity index (χ0v) is 19.6. The molecule has 0 bridgehead atoms. The van der Waals surface area contributed by atoms with Crippen LogP contribution in [-0.4, -0.2) is 70.5 Å². The number of thioether (sulfide) groups is 1. The lowest BCUT2D eigenvalue weighted by Crippen LogP contribution is -2.41. The maximum Gasteiger partial charge on any atom is 0.246 e. The van der Waals surface area contributed by atoms with Gasteiger partial charge in [-0.25, -0.2) is 22.7 Å². The van der Waals surface area contributed by atoms with Crippen molar-refractivity contribution < 1.29 is 18.0 Å². The van der Waals surface area contributed by atoms with Crippen LogP contribution in [0.5, 0.6) is 0 Å². The van der Waals surface area contributed by atoms with Crippen LogP contribution < -0.4 is 0 Å². The molecule has 1 saturated heterocycles. The van der Waals surface area contributed by atoms with Gasteiger partial charge in [0.2, 0.25) is 21.8 Å². The summed E-state index contributed by atoms with van der Waals surface area (Å²) in [7, 11) is -3.69. The molecule has 0 radical (unpaired) electrons. The Kier molecular flexibility index (Phi) is 7.70. The predicted molar refractivity (Wildman–Crippen MR) is 119 cm³/mol. The van der Waals surface area contributed by atoms with Crippen LogP contribution in [0.1, 0.15) is 38.2 Å². The molecule has 164 valence electrons. The van der Waals surface area contributed by atoms with Crippen molar-refractivity contribution in [3.63, 3.8) is 0 Å². The first-order valence-corrected chi connectivity index (χ1v) is 13.4. The molecule has 0 spiro atoms. The Hall–Kier alpha value is -1.72. The first-order chi connectivity index (χ1) is 14.3. The van der Waals surface area contributed by atoms with Crippen molar-refractivity contribution in [3.05, 3.63) is 17.3 Å². The van der Waals surface area contributed by atoms with Crippen molar-refractivity contribution in [3.8, 4) is 0 Å². The van der Waals surface area contributed by atoms with Gasteiger partial charge >= 0.3 is 0 Å². The van der Waals surface area contributed by atoms with Gasteiger partial charge in [-0.3, -0.25) is 9.59 Å². The van der Waals surface area contributed by atoms with E-state index < -0.39 is 15.9 Å². The molecular formula is C19H26N4O4S3. The number of thiophene rings is 1. The molecule has 11 heteroatoms. The number of hydrogen-bond donors (Lipinski definition) is 0. The number of nitrogens with zero attached hydrogens (tertiary/aromatic N) is 4. The van der Waals surface area contributed by atoms with Gasteiger partial charge in [0.05, 0.1) is 21.7 Å². The molecule has 0 aromatic carbocycles. The van der Waals surface area contributed by atoms with Crippen LogP contribution in [0.2, 0.25) is 0 Å². The monoisotopic (exact) mass is 470 g/mol. The molecule has 0 unspecified atom stereocenters. The minimum atomic E-state index is -3.69. The van der Waals surface area contributed by atoms with E-state index in [4.69, 9.17) is 0 Å². The molecule has 3 heterocycles. The van der Waals surface area contributed by atoms with E-state index in [0.29, 0.717) is 37.4 Å². The molecule has 0 saturated carbocycles. The van der Waals surface area contributed by atoms with Gasteiger partial charge in [0.25, 0.3) is 0 Å². The molecule has 0 atom stereocenters. The van der Waals surface area contributed by atoms with Gasteiger partial charge in [-0.05, 0) is 37.1 Å². The second kappa shape index (κ2) is 10.1. The molecule has 1 aliphatic rings. The highest BCUT2D eigenvalue weighted by atomic mass is 32.2. The second-order valence-corrected chi connectivity index (χ2v) is 11.0. The summed E-state index contributed by atoms with van der Waals surface area (Å²) in [6, 6.07) is 0. The van der Waals surface area contributed by atoms with Gasteiger partial charge in [-0.2, -0.15) is 0 Å². The van der Waals surface area contributed by atoms with Crippen LogP contribution in [0.15, 0.2) is 16.7 Å². The highest BCUT2D eigenvalue weighted by Crippen LogP contribution is 2.31. The summed E-state index contributed by atoms with van der Waals surface area (Å²) in [4.78, 5) is 34.9. The molecule has 2 amide bonds. The first kappa shape index (κ1) is 23.0. The maximum absolute atomic E-state index is 12.9. The van der Waals surface area contributed by atoms with E-state index in [9.17, 15) is 18.0 Å². The predicted octanol–water partition coefficient (Wildman–Crippen LogP) is 2.67. The largest absolute Gasteiger partial charge is 0.343 e. The Balaban J connectivity index is 1.67. The number of likely N-dealkylation sites (tertiary alicyclic amines) is 1. The van der Waals surface area contributed by atoms with Crippen molar-refractivity contribution in [2.45, 2.75) is 44.6 Å². The van der Waals surface area contributed by atoms with E-state index in [1.807, 2.05) is 12.3 Å². The van der Waals surface area contributed by atoms with Crippen LogP contribution >= 0.6 is 23.1 Å². The van der Waals surface area contributed by atoms with Crippen LogP contribution in [0.3, 0.4) is 0 Å². The lowest BCUT2D eigenvalue weighted by Gasteiger charge is -2.23. The Morgan fingerprint density at radius 3 is 2.87 bits per heavy atom. The second-order valence-electron chi connectivity index (χ2n) is 7.18. The number of hydrogen-bond acceptors (Lipinski definition) is 8. The van der Waals surface area contributed by atoms with Crippen molar-refractivity contribution in [1.82, 2.24) is 19.2 Å². The third-order valence-corrected chi connectivity index (χ3v) is 9.05. The molecule has 2 aromatic heterocycles. The number of rotatable bonds is 10. The van der Waals surface area contributed by atoms with Crippen molar-refractivity contribution in [1.29, 1.82) is 0 Å². The summed E-state index contributed by atoms with van der Waals surface area (Å²) < 4.78 is 27.3. The molecule has 0 N–H and O–H groups in total. The van der Waals surface area contributed by atoms with Crippen LogP contribution in [-0.2, 0) is 19.6 Å². The molecule has 0 aliphatic carbocycles. The van der Waals surface area contributed by atoms with Crippen molar-refractivity contribution in [2.24, 2.45) is 0 Å². The van der Waals surface area contributed by atoms with E-state index in [0.717, 1.165) is 26.5 Å². The summed E-state index contributed by atoms with van der Waals surface area (Å²) >= 11 is 2.75. The van der Waals surface area contributed by atoms with Crippen LogP contribution in [0.25, 0.3) is 10.2 Å². The minimum Gasteiger partial charge on any atom is -0.343 e. The van der Waals surface area contributed by atoms with Gasteiger partial charge in [0.15, 0.2) is 0 Å². The number of amides is 2. The molecule has 3 rings (SSSR count). The van der Waals surface area contributed by atoms with E-state index in [-0.39, 0.29) is 24.0 Å². The molecule has 8 nitrogen and oxygen atoms in total. The van der Waals surface area contributed by atoms with Crippen molar-refractivity contribution in [2.75, 3.05) is 31.1 Å². The summed E-state index contributed by atoms with van der Waals surface area (Å²) in [6.45, 7) is 5.00. The smallest absolute Gasteiger partial charge is 0.246 e. The quantitative estimate of drug-likeness (QED) is 0.389. The number of carbonyl (C=O) groups is 2. The number of aryl methyl sites for hydroxylation is 1. The van der Waals surface area contributed by atoms with Gasteiger partial charge in [-0.1, -0.05) is 18.7 Å². The molecular weight excluding hydrogens is 444 g/mol. The number of sulfonamides is 1. The summed E-state index contributed by atoms with van der Waals surface area (Å²) in [5.41, 5.74) is 1.91. The van der Waals surface area contributed by atoms with Gasteiger partial charge in [-0.15, -0.1) is 11.3 Å². The fourth-order valence-electron chi connectivity index (χ4n) is 3.39. The molecule has 1 aliphatic heterocycles. The third kappa shape index (κ3) is 5.30. The summed E-state index contributed by atoms with van der Waals surface area (Å²) in [6.07, 6.45) is 3.72. The van der Waals surface area contributed by atoms with Crippen LogP contribution in [0, 0.1) is 6.92 Å². The maximum atomic E-state index is 12.9. The van der Waals surface area contributed by atoms with E-state index >= 15 is 0 Å². The third-order valence-electron chi connectivity index (χ3n) is 4.87. The Bertz CT molecular complexity index is 1020. The Morgan fingerprint density at radius 2 is 2.17 bits per heavy atom. The van der Waals surface area contributed by atoms with E-state index in [1.165, 1.54) is 29.4 Å². The topological polar surface area (TPSA) is 101 Å². The zero-order chi connectivity index (χ0) is 21.7. The standard InChI is InChI=1S/C19H26N4O4S3/c1-3-10-30(26,27)23(9-5-8-22-7-4-6-15(22)24)16(25)12-29-19-18-17(20-13-21-19)14(2)11-28-18/h11,13H,3-10,12H2,1-2H3. The van der Waals surface area contributed by atoms with Gasteiger partial charge in [0.1, 0.15) is 11.4 Å². The summed E-state index contributed by atoms with van der Waals surface area (Å²) in [5, 5.41) is 2.67. The number of aromatic nitrogens is 2. The normalized spacial score (nSPS) is 14.6.